The van der Waals surface area contributed by atoms with E-state index >= 15 is 0 Å². The summed E-state index contributed by atoms with van der Waals surface area (Å²) >= 11 is 5.68. The van der Waals surface area contributed by atoms with Crippen molar-refractivity contribution in [1.82, 2.24) is 5.32 Å². The van der Waals surface area contributed by atoms with Gasteiger partial charge < -0.3 is 5.11 Å². The van der Waals surface area contributed by atoms with Crippen molar-refractivity contribution in [3.8, 4) is 0 Å². The molecule has 1 aromatic rings. The van der Waals surface area contributed by atoms with Crippen molar-refractivity contribution in [2.45, 2.75) is 6.54 Å². The van der Waals surface area contributed by atoms with Crippen LogP contribution in [-0.2, 0) is 6.54 Å². The summed E-state index contributed by atoms with van der Waals surface area (Å²) < 4.78 is 0. The van der Waals surface area contributed by atoms with E-state index in [-0.39, 0.29) is 6.73 Å². The van der Waals surface area contributed by atoms with E-state index in [1.165, 1.54) is 0 Å². The molecule has 1 rings (SSSR count). The van der Waals surface area contributed by atoms with Gasteiger partial charge in [0, 0.05) is 11.6 Å². The average molecular weight is 172 g/mol. The number of aliphatic hydroxyl groups excluding tert-OH is 1. The second-order valence-electron chi connectivity index (χ2n) is 2.21. The van der Waals surface area contributed by atoms with Crippen LogP contribution in [0.25, 0.3) is 0 Å². The molecule has 0 amide bonds. The average Bonchev–Trinajstić information content (AvgIpc) is 2.04. The van der Waals surface area contributed by atoms with Crippen LogP contribution >= 0.6 is 11.6 Å². The van der Waals surface area contributed by atoms with Gasteiger partial charge in [-0.25, -0.2) is 0 Å². The molecule has 11 heavy (non-hydrogen) atoms. The van der Waals surface area contributed by atoms with Gasteiger partial charge in [-0.1, -0.05) is 23.7 Å². The Balaban J connectivity index is 2.52. The summed E-state index contributed by atoms with van der Waals surface area (Å²) in [4.78, 5) is 0. The maximum atomic E-state index is 8.44. The standard InChI is InChI=1S/C8H10ClNO/c9-8-3-1-7(2-4-8)5-10-6-11/h1-4,10-11H,5-6H2. The van der Waals surface area contributed by atoms with Crippen molar-refractivity contribution in [2.24, 2.45) is 0 Å². The minimum atomic E-state index is 0.00261. The molecule has 0 aliphatic rings. The first kappa shape index (κ1) is 8.53. The summed E-state index contributed by atoms with van der Waals surface area (Å²) in [6.07, 6.45) is 0. The number of halogens is 1. The third kappa shape index (κ3) is 2.89. The number of nitrogens with one attached hydrogen (secondary N) is 1. The molecule has 0 unspecified atom stereocenters. The molecule has 0 atom stereocenters. The van der Waals surface area contributed by atoms with Crippen molar-refractivity contribution in [3.63, 3.8) is 0 Å². The molecule has 3 heteroatoms. The van der Waals surface area contributed by atoms with Crippen molar-refractivity contribution < 1.29 is 5.11 Å². The van der Waals surface area contributed by atoms with Gasteiger partial charge in [-0.3, -0.25) is 5.32 Å². The molecule has 0 saturated heterocycles. The quantitative estimate of drug-likeness (QED) is 0.674. The van der Waals surface area contributed by atoms with Crippen molar-refractivity contribution in [3.05, 3.63) is 34.9 Å². The molecule has 0 bridgehead atoms. The van der Waals surface area contributed by atoms with Crippen molar-refractivity contribution in [2.75, 3.05) is 6.73 Å². The molecule has 0 fully saturated rings. The van der Waals surface area contributed by atoms with E-state index in [0.717, 1.165) is 10.6 Å². The normalized spacial score (nSPS) is 10.0. The van der Waals surface area contributed by atoms with Gasteiger partial charge in [0.2, 0.25) is 0 Å². The highest BCUT2D eigenvalue weighted by molar-refractivity contribution is 6.30. The van der Waals surface area contributed by atoms with E-state index in [1.807, 2.05) is 24.3 Å². The Labute approximate surface area is 70.8 Å². The van der Waals surface area contributed by atoms with Crippen molar-refractivity contribution in [1.29, 1.82) is 0 Å². The molecular formula is C8H10ClNO. The molecule has 2 N–H and O–H groups in total. The fourth-order valence-corrected chi connectivity index (χ4v) is 0.928. The number of benzene rings is 1. The highest BCUT2D eigenvalue weighted by atomic mass is 35.5. The number of aliphatic hydroxyl groups is 1. The van der Waals surface area contributed by atoms with Gasteiger partial charge in [0.25, 0.3) is 0 Å². The zero-order chi connectivity index (χ0) is 8.10. The van der Waals surface area contributed by atoms with E-state index in [0.29, 0.717) is 6.54 Å². The minimum Gasteiger partial charge on any atom is -0.381 e. The second-order valence-corrected chi connectivity index (χ2v) is 2.65. The maximum absolute atomic E-state index is 8.44. The van der Waals surface area contributed by atoms with Gasteiger partial charge in [-0.2, -0.15) is 0 Å². The number of hydrogen-bond donors (Lipinski definition) is 2. The Morgan fingerprint density at radius 1 is 1.27 bits per heavy atom. The Kier molecular flexibility index (Phi) is 3.36. The lowest BCUT2D eigenvalue weighted by Crippen LogP contribution is -2.13. The first-order valence-electron chi connectivity index (χ1n) is 3.39. The third-order valence-corrected chi connectivity index (χ3v) is 1.61. The van der Waals surface area contributed by atoms with Crippen LogP contribution in [0, 0.1) is 0 Å². The lowest BCUT2D eigenvalue weighted by Gasteiger charge is -2.00. The van der Waals surface area contributed by atoms with Crippen molar-refractivity contribution >= 4 is 11.6 Å². The molecule has 0 aromatic heterocycles. The molecular weight excluding hydrogens is 162 g/mol. The number of rotatable bonds is 3. The monoisotopic (exact) mass is 171 g/mol. The fraction of sp³-hybridized carbons (Fsp3) is 0.250. The van der Waals surface area contributed by atoms with Crippen LogP contribution in [0.3, 0.4) is 0 Å². The van der Waals surface area contributed by atoms with Crippen LogP contribution < -0.4 is 5.32 Å². The molecule has 0 saturated carbocycles. The van der Waals surface area contributed by atoms with Gasteiger partial charge in [-0.15, -0.1) is 0 Å². The van der Waals surface area contributed by atoms with E-state index in [1.54, 1.807) is 0 Å². The van der Waals surface area contributed by atoms with E-state index < -0.39 is 0 Å². The molecule has 0 spiro atoms. The Morgan fingerprint density at radius 2 is 1.91 bits per heavy atom. The second kappa shape index (κ2) is 4.34. The van der Waals surface area contributed by atoms with Crippen LogP contribution in [-0.4, -0.2) is 11.8 Å². The summed E-state index contributed by atoms with van der Waals surface area (Å²) in [5.41, 5.74) is 1.11. The zero-order valence-corrected chi connectivity index (χ0v) is 6.80. The molecule has 0 aliphatic carbocycles. The van der Waals surface area contributed by atoms with Crippen LogP contribution in [0.1, 0.15) is 5.56 Å². The first-order valence-corrected chi connectivity index (χ1v) is 3.77. The highest BCUT2D eigenvalue weighted by Gasteiger charge is 1.90. The van der Waals surface area contributed by atoms with Gasteiger partial charge in [-0.05, 0) is 17.7 Å². The van der Waals surface area contributed by atoms with E-state index in [9.17, 15) is 0 Å². The lowest BCUT2D eigenvalue weighted by atomic mass is 10.2. The number of hydrogen-bond acceptors (Lipinski definition) is 2. The van der Waals surface area contributed by atoms with Gasteiger partial charge in [0.1, 0.15) is 0 Å². The minimum absolute atomic E-state index is 0.00261. The van der Waals surface area contributed by atoms with Crippen LogP contribution in [0.15, 0.2) is 24.3 Å². The summed E-state index contributed by atoms with van der Waals surface area (Å²) in [7, 11) is 0. The first-order chi connectivity index (χ1) is 5.33. The Hall–Kier alpha value is -0.570. The SMILES string of the molecule is OCNCc1ccc(Cl)cc1. The van der Waals surface area contributed by atoms with E-state index in [4.69, 9.17) is 16.7 Å². The summed E-state index contributed by atoms with van der Waals surface area (Å²) in [6.45, 7) is 0.677. The molecule has 0 heterocycles. The topological polar surface area (TPSA) is 32.3 Å². The van der Waals surface area contributed by atoms with Gasteiger partial charge >= 0.3 is 0 Å². The largest absolute Gasteiger partial charge is 0.381 e. The molecule has 2 nitrogen and oxygen atoms in total. The lowest BCUT2D eigenvalue weighted by molar-refractivity contribution is 0.259. The molecule has 1 aromatic carbocycles. The summed E-state index contributed by atoms with van der Waals surface area (Å²) in [5.74, 6) is 0. The molecule has 0 radical (unpaired) electrons. The summed E-state index contributed by atoms with van der Waals surface area (Å²) in [5, 5.41) is 12.0. The third-order valence-electron chi connectivity index (χ3n) is 1.35. The highest BCUT2D eigenvalue weighted by Crippen LogP contribution is 2.08. The maximum Gasteiger partial charge on any atom is 0.0934 e. The van der Waals surface area contributed by atoms with Crippen LogP contribution in [0.4, 0.5) is 0 Å². The van der Waals surface area contributed by atoms with E-state index in [2.05, 4.69) is 5.32 Å². The predicted molar refractivity (Wildman–Crippen MR) is 45.4 cm³/mol. The van der Waals surface area contributed by atoms with Gasteiger partial charge in [0.15, 0.2) is 0 Å². The Morgan fingerprint density at radius 3 is 2.45 bits per heavy atom. The molecule has 60 valence electrons. The Bertz CT molecular complexity index is 210. The molecule has 0 aliphatic heterocycles. The zero-order valence-electron chi connectivity index (χ0n) is 6.05. The van der Waals surface area contributed by atoms with Gasteiger partial charge in [0.05, 0.1) is 6.73 Å². The van der Waals surface area contributed by atoms with Crippen LogP contribution in [0.2, 0.25) is 5.02 Å². The fourth-order valence-electron chi connectivity index (χ4n) is 0.802. The van der Waals surface area contributed by atoms with Crippen LogP contribution in [0.5, 0.6) is 0 Å². The predicted octanol–water partition coefficient (Wildman–Crippen LogP) is 1.38. The summed E-state index contributed by atoms with van der Waals surface area (Å²) in [6, 6.07) is 7.50. The smallest absolute Gasteiger partial charge is 0.0934 e.